The molecule has 1 fully saturated rings. The van der Waals surface area contributed by atoms with Gasteiger partial charge in [0.25, 0.3) is 5.91 Å². The van der Waals surface area contributed by atoms with Gasteiger partial charge in [0.15, 0.2) is 0 Å². The molecule has 0 radical (unpaired) electrons. The number of nitrogens with zero attached hydrogens (tertiary/aromatic N) is 1. The first-order valence-electron chi connectivity index (χ1n) is 7.57. The Morgan fingerprint density at radius 2 is 1.78 bits per heavy atom. The largest absolute Gasteiger partial charge is 0.488 e. The first-order chi connectivity index (χ1) is 11.2. The second kappa shape index (κ2) is 7.49. The Morgan fingerprint density at radius 3 is 2.52 bits per heavy atom. The van der Waals surface area contributed by atoms with Crippen LogP contribution >= 0.6 is 11.6 Å². The standard InChI is InChI=1S/C18H18ClNO3/c19-15-7-5-14(6-8-15)13-23-17-4-2-1-3-16(17)18(21)20-9-11-22-12-10-20/h1-8H,9-13H2. The molecule has 0 spiro atoms. The predicted molar refractivity (Wildman–Crippen MR) is 88.9 cm³/mol. The fourth-order valence-corrected chi connectivity index (χ4v) is 2.57. The van der Waals surface area contributed by atoms with Crippen molar-refractivity contribution in [2.45, 2.75) is 6.61 Å². The molecule has 1 aliphatic rings. The second-order valence-electron chi connectivity index (χ2n) is 5.32. The van der Waals surface area contributed by atoms with Gasteiger partial charge in [-0.3, -0.25) is 4.79 Å². The number of ether oxygens (including phenoxy) is 2. The van der Waals surface area contributed by atoms with E-state index < -0.39 is 0 Å². The van der Waals surface area contributed by atoms with Crippen molar-refractivity contribution >= 4 is 17.5 Å². The van der Waals surface area contributed by atoms with E-state index in [2.05, 4.69) is 0 Å². The number of morpholine rings is 1. The van der Waals surface area contributed by atoms with Crippen molar-refractivity contribution in [1.29, 1.82) is 0 Å². The molecular weight excluding hydrogens is 314 g/mol. The van der Waals surface area contributed by atoms with E-state index in [-0.39, 0.29) is 5.91 Å². The topological polar surface area (TPSA) is 38.8 Å². The number of carbonyl (C=O) groups excluding carboxylic acids is 1. The first-order valence-corrected chi connectivity index (χ1v) is 7.95. The molecule has 1 saturated heterocycles. The molecule has 0 bridgehead atoms. The van der Waals surface area contributed by atoms with E-state index in [1.807, 2.05) is 42.5 Å². The quantitative estimate of drug-likeness (QED) is 0.862. The molecule has 1 aliphatic heterocycles. The lowest BCUT2D eigenvalue weighted by Crippen LogP contribution is -2.40. The van der Waals surface area contributed by atoms with E-state index in [4.69, 9.17) is 21.1 Å². The van der Waals surface area contributed by atoms with Crippen molar-refractivity contribution < 1.29 is 14.3 Å². The van der Waals surface area contributed by atoms with Gasteiger partial charge in [-0.25, -0.2) is 0 Å². The SMILES string of the molecule is O=C(c1ccccc1OCc1ccc(Cl)cc1)N1CCOCC1. The van der Waals surface area contributed by atoms with Gasteiger partial charge in [-0.2, -0.15) is 0 Å². The van der Waals surface area contributed by atoms with Crippen LogP contribution in [0.2, 0.25) is 5.02 Å². The summed E-state index contributed by atoms with van der Waals surface area (Å²) in [6, 6.07) is 14.8. The number of amides is 1. The summed E-state index contributed by atoms with van der Waals surface area (Å²) in [5, 5.41) is 0.691. The minimum absolute atomic E-state index is 0.0139. The summed E-state index contributed by atoms with van der Waals surface area (Å²) < 4.78 is 11.1. The van der Waals surface area contributed by atoms with Crippen LogP contribution in [0.1, 0.15) is 15.9 Å². The summed E-state index contributed by atoms with van der Waals surface area (Å²) >= 11 is 5.88. The number of para-hydroxylation sites is 1. The van der Waals surface area contributed by atoms with Crippen molar-refractivity contribution in [3.63, 3.8) is 0 Å². The van der Waals surface area contributed by atoms with Crippen LogP contribution in [0.3, 0.4) is 0 Å². The van der Waals surface area contributed by atoms with E-state index >= 15 is 0 Å². The number of halogens is 1. The van der Waals surface area contributed by atoms with Gasteiger partial charge >= 0.3 is 0 Å². The van der Waals surface area contributed by atoms with Gasteiger partial charge in [-0.05, 0) is 29.8 Å². The van der Waals surface area contributed by atoms with Crippen LogP contribution in [0, 0.1) is 0 Å². The first kappa shape index (κ1) is 15.8. The van der Waals surface area contributed by atoms with Gasteiger partial charge in [-0.1, -0.05) is 35.9 Å². The molecule has 1 heterocycles. The van der Waals surface area contributed by atoms with Crippen LogP contribution < -0.4 is 4.74 Å². The highest BCUT2D eigenvalue weighted by Crippen LogP contribution is 2.22. The number of hydrogen-bond acceptors (Lipinski definition) is 3. The van der Waals surface area contributed by atoms with Crippen molar-refractivity contribution in [1.82, 2.24) is 4.90 Å². The molecule has 2 aromatic carbocycles. The van der Waals surface area contributed by atoms with Crippen LogP contribution in [-0.2, 0) is 11.3 Å². The Bertz CT molecular complexity index is 666. The van der Waals surface area contributed by atoms with Gasteiger partial charge in [0.2, 0.25) is 0 Å². The Kier molecular flexibility index (Phi) is 5.16. The van der Waals surface area contributed by atoms with E-state index in [1.165, 1.54) is 0 Å². The lowest BCUT2D eigenvalue weighted by atomic mass is 10.1. The van der Waals surface area contributed by atoms with Gasteiger partial charge < -0.3 is 14.4 Å². The summed E-state index contributed by atoms with van der Waals surface area (Å²) in [5.74, 6) is 0.582. The average molecular weight is 332 g/mol. The zero-order valence-electron chi connectivity index (χ0n) is 12.7. The molecule has 2 aromatic rings. The lowest BCUT2D eigenvalue weighted by molar-refractivity contribution is 0.0300. The van der Waals surface area contributed by atoms with Crippen molar-refractivity contribution in [2.75, 3.05) is 26.3 Å². The summed E-state index contributed by atoms with van der Waals surface area (Å²) in [6.45, 7) is 2.79. The van der Waals surface area contributed by atoms with Gasteiger partial charge in [0, 0.05) is 18.1 Å². The zero-order chi connectivity index (χ0) is 16.1. The maximum Gasteiger partial charge on any atom is 0.257 e. The third-order valence-corrected chi connectivity index (χ3v) is 3.98. The highest BCUT2D eigenvalue weighted by Gasteiger charge is 2.21. The highest BCUT2D eigenvalue weighted by atomic mass is 35.5. The summed E-state index contributed by atoms with van der Waals surface area (Å²) in [7, 11) is 0. The van der Waals surface area contributed by atoms with Gasteiger partial charge in [0.05, 0.1) is 18.8 Å². The van der Waals surface area contributed by atoms with Crippen LogP contribution in [-0.4, -0.2) is 37.1 Å². The summed E-state index contributed by atoms with van der Waals surface area (Å²) in [6.07, 6.45) is 0. The molecule has 0 unspecified atom stereocenters. The van der Waals surface area contributed by atoms with Crippen LogP contribution in [0.4, 0.5) is 0 Å². The minimum Gasteiger partial charge on any atom is -0.488 e. The molecule has 0 atom stereocenters. The second-order valence-corrected chi connectivity index (χ2v) is 5.75. The maximum atomic E-state index is 12.6. The lowest BCUT2D eigenvalue weighted by Gasteiger charge is -2.27. The fraction of sp³-hybridized carbons (Fsp3) is 0.278. The molecule has 4 nitrogen and oxygen atoms in total. The molecular formula is C18H18ClNO3. The monoisotopic (exact) mass is 331 g/mol. The van der Waals surface area contributed by atoms with E-state index in [9.17, 15) is 4.79 Å². The summed E-state index contributed by atoms with van der Waals surface area (Å²) in [4.78, 5) is 14.4. The Labute approximate surface area is 140 Å². The van der Waals surface area contributed by atoms with Crippen LogP contribution in [0.15, 0.2) is 48.5 Å². The van der Waals surface area contributed by atoms with Gasteiger partial charge in [-0.15, -0.1) is 0 Å². The molecule has 1 amide bonds. The minimum atomic E-state index is -0.0139. The molecule has 3 rings (SSSR count). The van der Waals surface area contributed by atoms with Crippen molar-refractivity contribution in [3.8, 4) is 5.75 Å². The fourth-order valence-electron chi connectivity index (χ4n) is 2.45. The van der Waals surface area contributed by atoms with Crippen LogP contribution in [0.5, 0.6) is 5.75 Å². The summed E-state index contributed by atoms with van der Waals surface area (Å²) in [5.41, 5.74) is 1.59. The number of carbonyl (C=O) groups is 1. The average Bonchev–Trinajstić information content (AvgIpc) is 2.62. The van der Waals surface area contributed by atoms with E-state index in [1.54, 1.807) is 11.0 Å². The predicted octanol–water partition coefficient (Wildman–Crippen LogP) is 3.39. The molecule has 0 aliphatic carbocycles. The molecule has 0 saturated carbocycles. The Morgan fingerprint density at radius 1 is 1.09 bits per heavy atom. The molecule has 23 heavy (non-hydrogen) atoms. The Hall–Kier alpha value is -2.04. The van der Waals surface area contributed by atoms with E-state index in [0.29, 0.717) is 49.2 Å². The maximum absolute atomic E-state index is 12.6. The van der Waals surface area contributed by atoms with Gasteiger partial charge in [0.1, 0.15) is 12.4 Å². The number of rotatable bonds is 4. The molecule has 0 aromatic heterocycles. The van der Waals surface area contributed by atoms with Crippen LogP contribution in [0.25, 0.3) is 0 Å². The van der Waals surface area contributed by atoms with E-state index in [0.717, 1.165) is 5.56 Å². The molecule has 0 N–H and O–H groups in total. The molecule has 5 heteroatoms. The number of benzene rings is 2. The highest BCUT2D eigenvalue weighted by molar-refractivity contribution is 6.30. The van der Waals surface area contributed by atoms with Crippen molar-refractivity contribution in [3.05, 3.63) is 64.7 Å². The van der Waals surface area contributed by atoms with Crippen molar-refractivity contribution in [2.24, 2.45) is 0 Å². The number of hydrogen-bond donors (Lipinski definition) is 0. The third-order valence-electron chi connectivity index (χ3n) is 3.72. The normalized spacial score (nSPS) is 14.6. The third kappa shape index (κ3) is 4.03. The molecule has 120 valence electrons. The zero-order valence-corrected chi connectivity index (χ0v) is 13.5. The Balaban J connectivity index is 1.72. The smallest absolute Gasteiger partial charge is 0.257 e.